The highest BCUT2D eigenvalue weighted by Gasteiger charge is 2.10. The zero-order valence-electron chi connectivity index (χ0n) is 13.4. The van der Waals surface area contributed by atoms with Crippen molar-refractivity contribution in [1.82, 2.24) is 5.32 Å². The lowest BCUT2D eigenvalue weighted by atomic mass is 10.0. The minimum atomic E-state index is -0.119. The van der Waals surface area contributed by atoms with Gasteiger partial charge in [0.25, 0.3) is 5.91 Å². The predicted molar refractivity (Wildman–Crippen MR) is 86.4 cm³/mol. The zero-order valence-corrected chi connectivity index (χ0v) is 13.4. The number of hydrogen-bond acceptors (Lipinski definition) is 2. The molecule has 116 valence electrons. The van der Waals surface area contributed by atoms with Crippen LogP contribution in [0.25, 0.3) is 0 Å². The maximum atomic E-state index is 12.1. The van der Waals surface area contributed by atoms with E-state index < -0.39 is 0 Å². The number of hydrogen-bond donors (Lipinski definition) is 2. The Bertz CT molecular complexity index is 466. The molecular formula is C17H26N2O2. The quantitative estimate of drug-likeness (QED) is 0.806. The Hall–Kier alpha value is -1.84. The summed E-state index contributed by atoms with van der Waals surface area (Å²) in [5.74, 6) is 0.515. The third-order valence-corrected chi connectivity index (χ3v) is 3.26. The van der Waals surface area contributed by atoms with Gasteiger partial charge in [0.05, 0.1) is 0 Å². The van der Waals surface area contributed by atoms with Crippen LogP contribution in [-0.2, 0) is 4.79 Å². The van der Waals surface area contributed by atoms with Crippen molar-refractivity contribution >= 4 is 17.5 Å². The lowest BCUT2D eigenvalue weighted by molar-refractivity contribution is -0.114. The molecule has 1 aromatic rings. The number of rotatable bonds is 7. The maximum Gasteiger partial charge on any atom is 0.251 e. The van der Waals surface area contributed by atoms with Crippen molar-refractivity contribution in [1.29, 1.82) is 0 Å². The predicted octanol–water partition coefficient (Wildman–Crippen LogP) is 3.59. The van der Waals surface area contributed by atoms with Gasteiger partial charge >= 0.3 is 0 Å². The van der Waals surface area contributed by atoms with Gasteiger partial charge in [0.2, 0.25) is 5.91 Å². The molecule has 1 atom stereocenters. The molecule has 1 rings (SSSR count). The molecule has 0 aliphatic heterocycles. The van der Waals surface area contributed by atoms with Gasteiger partial charge in [0.1, 0.15) is 0 Å². The molecule has 4 nitrogen and oxygen atoms in total. The van der Waals surface area contributed by atoms with Crippen molar-refractivity contribution < 1.29 is 9.59 Å². The van der Waals surface area contributed by atoms with Crippen LogP contribution in [0.5, 0.6) is 0 Å². The van der Waals surface area contributed by atoms with Crippen molar-refractivity contribution in [3.63, 3.8) is 0 Å². The van der Waals surface area contributed by atoms with E-state index in [4.69, 9.17) is 0 Å². The Balaban J connectivity index is 2.45. The highest BCUT2D eigenvalue weighted by atomic mass is 16.2. The Morgan fingerprint density at radius 2 is 1.67 bits per heavy atom. The van der Waals surface area contributed by atoms with Gasteiger partial charge in [-0.25, -0.2) is 0 Å². The monoisotopic (exact) mass is 290 g/mol. The summed E-state index contributed by atoms with van der Waals surface area (Å²) >= 11 is 0. The van der Waals surface area contributed by atoms with Crippen LogP contribution < -0.4 is 10.6 Å². The molecule has 0 aromatic heterocycles. The molecule has 2 N–H and O–H groups in total. The SMILES string of the molecule is CC(=O)Nc1ccc(C(=O)N[C@@H](C)CCCC(C)C)cc1. The highest BCUT2D eigenvalue weighted by Crippen LogP contribution is 2.11. The lowest BCUT2D eigenvalue weighted by Crippen LogP contribution is -2.32. The zero-order chi connectivity index (χ0) is 15.8. The second-order valence-electron chi connectivity index (χ2n) is 5.96. The number of carbonyl (C=O) groups excluding carboxylic acids is 2. The number of amides is 2. The van der Waals surface area contributed by atoms with Crippen molar-refractivity contribution in [2.24, 2.45) is 5.92 Å². The van der Waals surface area contributed by atoms with Crippen LogP contribution in [0.3, 0.4) is 0 Å². The molecule has 0 radical (unpaired) electrons. The van der Waals surface area contributed by atoms with E-state index in [9.17, 15) is 9.59 Å². The van der Waals surface area contributed by atoms with Gasteiger partial charge in [0.15, 0.2) is 0 Å². The molecule has 1 aromatic carbocycles. The van der Waals surface area contributed by atoms with Crippen molar-refractivity contribution in [2.45, 2.75) is 53.0 Å². The molecule has 0 fully saturated rings. The standard InChI is InChI=1S/C17H26N2O2/c1-12(2)6-5-7-13(3)18-17(21)15-8-10-16(11-9-15)19-14(4)20/h8-13H,5-7H2,1-4H3,(H,18,21)(H,19,20)/t13-/m0/s1. The Labute approximate surface area is 127 Å². The van der Waals surface area contributed by atoms with Gasteiger partial charge < -0.3 is 10.6 Å². The van der Waals surface area contributed by atoms with Crippen LogP contribution in [-0.4, -0.2) is 17.9 Å². The molecule has 0 spiro atoms. The fourth-order valence-electron chi connectivity index (χ4n) is 2.12. The summed E-state index contributed by atoms with van der Waals surface area (Å²) in [4.78, 5) is 23.0. The normalized spacial score (nSPS) is 12.0. The van der Waals surface area contributed by atoms with E-state index in [0.29, 0.717) is 17.2 Å². The van der Waals surface area contributed by atoms with Crippen molar-refractivity contribution in [3.05, 3.63) is 29.8 Å². The van der Waals surface area contributed by atoms with Crippen molar-refractivity contribution in [2.75, 3.05) is 5.32 Å². The molecule has 0 saturated heterocycles. The highest BCUT2D eigenvalue weighted by molar-refractivity contribution is 5.95. The molecule has 0 aliphatic rings. The second-order valence-corrected chi connectivity index (χ2v) is 5.96. The summed E-state index contributed by atoms with van der Waals surface area (Å²) < 4.78 is 0. The summed E-state index contributed by atoms with van der Waals surface area (Å²) in [5, 5.41) is 5.68. The van der Waals surface area contributed by atoms with E-state index in [-0.39, 0.29) is 17.9 Å². The molecule has 4 heteroatoms. The van der Waals surface area contributed by atoms with Crippen LogP contribution >= 0.6 is 0 Å². The fraction of sp³-hybridized carbons (Fsp3) is 0.529. The minimum Gasteiger partial charge on any atom is -0.350 e. The summed E-state index contributed by atoms with van der Waals surface area (Å²) in [7, 11) is 0. The van der Waals surface area contributed by atoms with Crippen LogP contribution in [0.2, 0.25) is 0 Å². The van der Waals surface area contributed by atoms with Crippen LogP contribution in [0, 0.1) is 5.92 Å². The first-order valence-electron chi connectivity index (χ1n) is 7.57. The van der Waals surface area contributed by atoms with Crippen LogP contribution in [0.4, 0.5) is 5.69 Å². The molecule has 0 aliphatic carbocycles. The summed E-state index contributed by atoms with van der Waals surface area (Å²) in [5.41, 5.74) is 1.31. The summed E-state index contributed by atoms with van der Waals surface area (Å²) in [6.45, 7) is 7.91. The van der Waals surface area contributed by atoms with E-state index >= 15 is 0 Å². The van der Waals surface area contributed by atoms with Crippen molar-refractivity contribution in [3.8, 4) is 0 Å². The van der Waals surface area contributed by atoms with Gasteiger partial charge in [-0.15, -0.1) is 0 Å². The number of anilines is 1. The third kappa shape index (κ3) is 6.93. The van der Waals surface area contributed by atoms with E-state index in [2.05, 4.69) is 24.5 Å². The average molecular weight is 290 g/mol. The largest absolute Gasteiger partial charge is 0.350 e. The minimum absolute atomic E-state index is 0.0681. The molecule has 0 heterocycles. The van der Waals surface area contributed by atoms with Gasteiger partial charge in [-0.1, -0.05) is 26.7 Å². The average Bonchev–Trinajstić information content (AvgIpc) is 2.38. The molecule has 21 heavy (non-hydrogen) atoms. The molecular weight excluding hydrogens is 264 g/mol. The second kappa shape index (κ2) is 8.45. The fourth-order valence-corrected chi connectivity index (χ4v) is 2.12. The van der Waals surface area contributed by atoms with Crippen LogP contribution in [0.1, 0.15) is 57.3 Å². The van der Waals surface area contributed by atoms with E-state index in [1.54, 1.807) is 24.3 Å². The van der Waals surface area contributed by atoms with Gasteiger partial charge in [-0.05, 0) is 43.5 Å². The number of nitrogens with one attached hydrogen (secondary N) is 2. The third-order valence-electron chi connectivity index (χ3n) is 3.26. The van der Waals surface area contributed by atoms with E-state index in [1.807, 2.05) is 6.92 Å². The summed E-state index contributed by atoms with van der Waals surface area (Å²) in [6, 6.07) is 7.09. The molecule has 0 bridgehead atoms. The first-order chi connectivity index (χ1) is 9.88. The Kier molecular flexibility index (Phi) is 6.92. The molecule has 0 saturated carbocycles. The van der Waals surface area contributed by atoms with Gasteiger partial charge in [-0.3, -0.25) is 9.59 Å². The van der Waals surface area contributed by atoms with Crippen LogP contribution in [0.15, 0.2) is 24.3 Å². The summed E-state index contributed by atoms with van der Waals surface area (Å²) in [6.07, 6.45) is 3.31. The first kappa shape index (κ1) is 17.2. The first-order valence-corrected chi connectivity index (χ1v) is 7.57. The molecule has 2 amide bonds. The van der Waals surface area contributed by atoms with E-state index in [1.165, 1.54) is 13.3 Å². The Morgan fingerprint density at radius 1 is 1.05 bits per heavy atom. The molecule has 0 unspecified atom stereocenters. The Morgan fingerprint density at radius 3 is 2.19 bits per heavy atom. The van der Waals surface area contributed by atoms with Gasteiger partial charge in [-0.2, -0.15) is 0 Å². The smallest absolute Gasteiger partial charge is 0.251 e. The number of benzene rings is 1. The topological polar surface area (TPSA) is 58.2 Å². The lowest BCUT2D eigenvalue weighted by Gasteiger charge is -2.14. The van der Waals surface area contributed by atoms with Gasteiger partial charge in [0, 0.05) is 24.2 Å². The van der Waals surface area contributed by atoms with E-state index in [0.717, 1.165) is 12.8 Å². The maximum absolute atomic E-state index is 12.1. The number of carbonyl (C=O) groups is 2.